The zero-order valence-corrected chi connectivity index (χ0v) is 10.5. The molecule has 5 heteroatoms. The number of rotatable bonds is 8. The number of allylic oxidation sites excluding steroid dienone is 1. The quantitative estimate of drug-likeness (QED) is 0.478. The van der Waals surface area contributed by atoms with E-state index in [1.54, 1.807) is 6.08 Å². The Hall–Kier alpha value is -0.440. The SMILES string of the molecule is C=CCC[C@@H](C)C(=O)CP(=O)(OC)OC. The van der Waals surface area contributed by atoms with Crippen molar-refractivity contribution in [2.24, 2.45) is 5.92 Å². The Morgan fingerprint density at radius 2 is 2.00 bits per heavy atom. The predicted octanol–water partition coefficient (Wildman–Crippen LogP) is 2.64. The first-order valence-electron chi connectivity index (χ1n) is 4.83. The van der Waals surface area contributed by atoms with Gasteiger partial charge in [-0.2, -0.15) is 0 Å². The Bertz CT molecular complexity index is 254. The standard InChI is InChI=1S/C10H19O4P/c1-5-6-7-9(2)10(11)8-15(12,13-3)14-4/h5,9H,1,6-8H2,2-4H3/t9-/m1/s1. The monoisotopic (exact) mass is 234 g/mol. The molecule has 0 spiro atoms. The summed E-state index contributed by atoms with van der Waals surface area (Å²) in [7, 11) is -0.631. The maximum atomic E-state index is 11.7. The van der Waals surface area contributed by atoms with Crippen molar-refractivity contribution in [3.8, 4) is 0 Å². The second-order valence-electron chi connectivity index (χ2n) is 3.37. The minimum absolute atomic E-state index is 0.0936. The van der Waals surface area contributed by atoms with Crippen LogP contribution in [0.2, 0.25) is 0 Å². The number of ketones is 1. The summed E-state index contributed by atoms with van der Waals surface area (Å²) in [4.78, 5) is 11.6. The van der Waals surface area contributed by atoms with Crippen LogP contribution in [0.15, 0.2) is 12.7 Å². The fourth-order valence-corrected chi connectivity index (χ4v) is 2.18. The Kier molecular flexibility index (Phi) is 6.73. The fraction of sp³-hybridized carbons (Fsp3) is 0.700. The Morgan fingerprint density at radius 1 is 1.47 bits per heavy atom. The zero-order valence-electron chi connectivity index (χ0n) is 9.56. The lowest BCUT2D eigenvalue weighted by Gasteiger charge is -2.15. The molecule has 0 aromatic carbocycles. The van der Waals surface area contributed by atoms with Crippen molar-refractivity contribution in [2.45, 2.75) is 19.8 Å². The zero-order chi connectivity index (χ0) is 11.9. The molecular formula is C10H19O4P. The minimum Gasteiger partial charge on any atom is -0.312 e. The number of Topliss-reactive ketones (excluding diaryl/α,β-unsaturated/α-hetero) is 1. The largest absolute Gasteiger partial charge is 0.337 e. The van der Waals surface area contributed by atoms with Crippen LogP contribution in [-0.4, -0.2) is 26.2 Å². The van der Waals surface area contributed by atoms with Crippen molar-refractivity contribution in [3.63, 3.8) is 0 Å². The van der Waals surface area contributed by atoms with Crippen LogP contribution < -0.4 is 0 Å². The molecular weight excluding hydrogens is 215 g/mol. The van der Waals surface area contributed by atoms with Crippen LogP contribution in [0.25, 0.3) is 0 Å². The van der Waals surface area contributed by atoms with Gasteiger partial charge in [0.05, 0.1) is 0 Å². The van der Waals surface area contributed by atoms with Crippen molar-refractivity contribution in [2.75, 3.05) is 20.4 Å². The minimum atomic E-state index is -3.20. The van der Waals surface area contributed by atoms with Crippen molar-refractivity contribution in [1.82, 2.24) is 0 Å². The van der Waals surface area contributed by atoms with Gasteiger partial charge in [0.2, 0.25) is 0 Å². The maximum Gasteiger partial charge on any atom is 0.337 e. The Morgan fingerprint density at radius 3 is 2.40 bits per heavy atom. The molecule has 88 valence electrons. The summed E-state index contributed by atoms with van der Waals surface area (Å²) >= 11 is 0. The van der Waals surface area contributed by atoms with Gasteiger partial charge in [0.15, 0.2) is 0 Å². The molecule has 0 aromatic heterocycles. The third-order valence-corrected chi connectivity index (χ3v) is 4.07. The van der Waals surface area contributed by atoms with Crippen LogP contribution in [0, 0.1) is 5.92 Å². The third-order valence-electron chi connectivity index (χ3n) is 2.26. The van der Waals surface area contributed by atoms with E-state index in [4.69, 9.17) is 9.05 Å². The van der Waals surface area contributed by atoms with Crippen molar-refractivity contribution in [3.05, 3.63) is 12.7 Å². The molecule has 0 amide bonds. The van der Waals surface area contributed by atoms with E-state index in [-0.39, 0.29) is 17.9 Å². The molecule has 0 saturated heterocycles. The molecule has 0 rings (SSSR count). The van der Waals surface area contributed by atoms with Gasteiger partial charge in [0, 0.05) is 20.1 Å². The van der Waals surface area contributed by atoms with E-state index in [1.165, 1.54) is 14.2 Å². The van der Waals surface area contributed by atoms with Crippen LogP contribution >= 0.6 is 7.60 Å². The maximum absolute atomic E-state index is 11.7. The highest BCUT2D eigenvalue weighted by Gasteiger charge is 2.27. The molecule has 0 aliphatic heterocycles. The molecule has 0 bridgehead atoms. The van der Waals surface area contributed by atoms with E-state index in [9.17, 15) is 9.36 Å². The van der Waals surface area contributed by atoms with E-state index < -0.39 is 7.60 Å². The predicted molar refractivity (Wildman–Crippen MR) is 60.1 cm³/mol. The molecule has 0 saturated carbocycles. The molecule has 4 nitrogen and oxygen atoms in total. The lowest BCUT2D eigenvalue weighted by Crippen LogP contribution is -2.16. The lowest BCUT2D eigenvalue weighted by atomic mass is 10.0. The summed E-state index contributed by atoms with van der Waals surface area (Å²) in [6.07, 6.45) is 3.10. The van der Waals surface area contributed by atoms with Gasteiger partial charge in [-0.1, -0.05) is 13.0 Å². The first-order chi connectivity index (χ1) is 6.99. The van der Waals surface area contributed by atoms with Crippen LogP contribution in [0.1, 0.15) is 19.8 Å². The molecule has 0 unspecified atom stereocenters. The van der Waals surface area contributed by atoms with Crippen LogP contribution in [0.5, 0.6) is 0 Å². The van der Waals surface area contributed by atoms with E-state index in [0.717, 1.165) is 12.8 Å². The molecule has 0 fully saturated rings. The van der Waals surface area contributed by atoms with Crippen LogP contribution in [0.4, 0.5) is 0 Å². The number of carbonyl (C=O) groups is 1. The van der Waals surface area contributed by atoms with Crippen LogP contribution in [0.3, 0.4) is 0 Å². The van der Waals surface area contributed by atoms with Crippen molar-refractivity contribution >= 4 is 13.4 Å². The van der Waals surface area contributed by atoms with Gasteiger partial charge >= 0.3 is 7.60 Å². The summed E-state index contributed by atoms with van der Waals surface area (Å²) in [5.41, 5.74) is 0. The van der Waals surface area contributed by atoms with Gasteiger partial charge in [0.1, 0.15) is 11.9 Å². The highest BCUT2D eigenvalue weighted by molar-refractivity contribution is 7.54. The van der Waals surface area contributed by atoms with Gasteiger partial charge in [-0.3, -0.25) is 9.36 Å². The first-order valence-corrected chi connectivity index (χ1v) is 6.56. The number of carbonyl (C=O) groups excluding carboxylic acids is 1. The molecule has 0 aliphatic rings. The van der Waals surface area contributed by atoms with Gasteiger partial charge in [-0.05, 0) is 12.8 Å². The van der Waals surface area contributed by atoms with Gasteiger partial charge < -0.3 is 9.05 Å². The number of hydrogen-bond acceptors (Lipinski definition) is 4. The third kappa shape index (κ3) is 5.26. The average molecular weight is 234 g/mol. The molecule has 15 heavy (non-hydrogen) atoms. The first kappa shape index (κ1) is 14.6. The lowest BCUT2D eigenvalue weighted by molar-refractivity contribution is -0.120. The van der Waals surface area contributed by atoms with Gasteiger partial charge in [-0.25, -0.2) is 0 Å². The smallest absolute Gasteiger partial charge is 0.312 e. The van der Waals surface area contributed by atoms with Gasteiger partial charge in [-0.15, -0.1) is 6.58 Å². The molecule has 0 radical (unpaired) electrons. The second kappa shape index (κ2) is 6.94. The van der Waals surface area contributed by atoms with Crippen molar-refractivity contribution < 1.29 is 18.4 Å². The molecule has 0 aliphatic carbocycles. The topological polar surface area (TPSA) is 52.6 Å². The molecule has 0 heterocycles. The summed E-state index contributed by atoms with van der Waals surface area (Å²) in [6, 6.07) is 0. The van der Waals surface area contributed by atoms with Gasteiger partial charge in [0.25, 0.3) is 0 Å². The van der Waals surface area contributed by atoms with E-state index >= 15 is 0 Å². The Labute approximate surface area is 91.2 Å². The Balaban J connectivity index is 4.22. The fourth-order valence-electron chi connectivity index (χ4n) is 1.08. The van der Waals surface area contributed by atoms with Crippen LogP contribution in [-0.2, 0) is 18.4 Å². The summed E-state index contributed by atoms with van der Waals surface area (Å²) < 4.78 is 21.1. The van der Waals surface area contributed by atoms with E-state index in [2.05, 4.69) is 6.58 Å². The summed E-state index contributed by atoms with van der Waals surface area (Å²) in [5.74, 6) is -0.231. The second-order valence-corrected chi connectivity index (χ2v) is 5.64. The molecule has 0 aromatic rings. The normalized spacial score (nSPS) is 13.5. The van der Waals surface area contributed by atoms with E-state index in [0.29, 0.717) is 0 Å². The van der Waals surface area contributed by atoms with E-state index in [1.807, 2.05) is 6.92 Å². The van der Waals surface area contributed by atoms with Crippen molar-refractivity contribution in [1.29, 1.82) is 0 Å². The number of hydrogen-bond donors (Lipinski definition) is 0. The summed E-state index contributed by atoms with van der Waals surface area (Å²) in [6.45, 7) is 5.39. The average Bonchev–Trinajstić information content (AvgIpc) is 2.25. The highest BCUT2D eigenvalue weighted by Crippen LogP contribution is 2.46. The molecule has 1 atom stereocenters. The molecule has 0 N–H and O–H groups in total. The highest BCUT2D eigenvalue weighted by atomic mass is 31.2. The summed E-state index contributed by atoms with van der Waals surface area (Å²) in [5, 5.41) is 0.